The van der Waals surface area contributed by atoms with E-state index in [0.717, 1.165) is 0 Å². The number of aromatic nitrogens is 3. The Morgan fingerprint density at radius 2 is 1.83 bits per heavy atom. The second-order valence-electron chi connectivity index (χ2n) is 6.53. The highest BCUT2D eigenvalue weighted by Crippen LogP contribution is 2.15. The van der Waals surface area contributed by atoms with Crippen molar-refractivity contribution in [3.8, 4) is 0 Å². The molecule has 1 aromatic carbocycles. The standard InChI is InChI=1S/C21H23N5O4/c1-4-25(5-2)20(28)15-7-9-16(10-8-15)23-17(27)13-30-21(29)18-14(3)24-26-12-6-11-22-19(18)26/h6-12H,4-5,13H2,1-3H3,(H,23,27). The molecule has 9 nitrogen and oxygen atoms in total. The van der Waals surface area contributed by atoms with Crippen LogP contribution in [0.25, 0.3) is 5.65 Å². The number of rotatable bonds is 7. The fraction of sp³-hybridized carbons (Fsp3) is 0.286. The fourth-order valence-corrected chi connectivity index (χ4v) is 3.03. The predicted octanol–water partition coefficient (Wildman–Crippen LogP) is 2.32. The topological polar surface area (TPSA) is 106 Å². The number of carbonyl (C=O) groups excluding carboxylic acids is 3. The molecule has 0 atom stereocenters. The lowest BCUT2D eigenvalue weighted by Gasteiger charge is -2.18. The van der Waals surface area contributed by atoms with Crippen molar-refractivity contribution in [2.75, 3.05) is 25.0 Å². The van der Waals surface area contributed by atoms with Gasteiger partial charge in [-0.3, -0.25) is 9.59 Å². The van der Waals surface area contributed by atoms with Crippen molar-refractivity contribution in [3.05, 3.63) is 59.5 Å². The molecule has 3 aromatic rings. The summed E-state index contributed by atoms with van der Waals surface area (Å²) in [5.41, 5.74) is 2.10. The zero-order valence-corrected chi connectivity index (χ0v) is 17.1. The van der Waals surface area contributed by atoms with Gasteiger partial charge in [-0.05, 0) is 51.1 Å². The lowest BCUT2D eigenvalue weighted by atomic mass is 10.2. The largest absolute Gasteiger partial charge is 0.452 e. The number of esters is 1. The molecule has 2 amide bonds. The smallest absolute Gasteiger partial charge is 0.344 e. The number of nitrogens with one attached hydrogen (secondary N) is 1. The molecular weight excluding hydrogens is 386 g/mol. The van der Waals surface area contributed by atoms with Crippen LogP contribution in [-0.4, -0.2) is 57.0 Å². The number of benzene rings is 1. The maximum atomic E-state index is 12.4. The van der Waals surface area contributed by atoms with E-state index in [2.05, 4.69) is 15.4 Å². The third-order valence-corrected chi connectivity index (χ3v) is 4.58. The molecule has 3 rings (SSSR count). The van der Waals surface area contributed by atoms with Crippen LogP contribution < -0.4 is 5.32 Å². The van der Waals surface area contributed by atoms with E-state index in [0.29, 0.717) is 35.7 Å². The Morgan fingerprint density at radius 3 is 2.50 bits per heavy atom. The summed E-state index contributed by atoms with van der Waals surface area (Å²) in [4.78, 5) is 42.7. The number of carbonyl (C=O) groups is 3. The SMILES string of the molecule is CCN(CC)C(=O)c1ccc(NC(=O)COC(=O)c2c(C)nn3cccnc23)cc1. The van der Waals surface area contributed by atoms with Crippen LogP contribution in [0.1, 0.15) is 40.3 Å². The summed E-state index contributed by atoms with van der Waals surface area (Å²) in [5, 5.41) is 6.84. The van der Waals surface area contributed by atoms with Crippen LogP contribution in [0.15, 0.2) is 42.7 Å². The van der Waals surface area contributed by atoms with Gasteiger partial charge in [0.25, 0.3) is 11.8 Å². The molecule has 9 heteroatoms. The summed E-state index contributed by atoms with van der Waals surface area (Å²) < 4.78 is 6.61. The first-order chi connectivity index (χ1) is 14.4. The number of nitrogens with zero attached hydrogens (tertiary/aromatic N) is 4. The lowest BCUT2D eigenvalue weighted by molar-refractivity contribution is -0.119. The molecule has 0 aliphatic rings. The first-order valence-electron chi connectivity index (χ1n) is 9.60. The van der Waals surface area contributed by atoms with Crippen molar-refractivity contribution < 1.29 is 19.1 Å². The quantitative estimate of drug-likeness (QED) is 0.600. The number of hydrogen-bond donors (Lipinski definition) is 1. The molecule has 0 spiro atoms. The van der Waals surface area contributed by atoms with E-state index < -0.39 is 18.5 Å². The number of fused-ring (bicyclic) bond motifs is 1. The monoisotopic (exact) mass is 409 g/mol. The fourth-order valence-electron chi connectivity index (χ4n) is 3.03. The molecular formula is C21H23N5O4. The third kappa shape index (κ3) is 4.45. The van der Waals surface area contributed by atoms with E-state index >= 15 is 0 Å². The minimum Gasteiger partial charge on any atom is -0.452 e. The van der Waals surface area contributed by atoms with Crippen LogP contribution in [0.5, 0.6) is 0 Å². The Labute approximate surface area is 173 Å². The molecule has 1 N–H and O–H groups in total. The van der Waals surface area contributed by atoms with Gasteiger partial charge >= 0.3 is 5.97 Å². The van der Waals surface area contributed by atoms with Crippen molar-refractivity contribution in [1.29, 1.82) is 0 Å². The van der Waals surface area contributed by atoms with Gasteiger partial charge in [0, 0.05) is 36.7 Å². The molecule has 0 fully saturated rings. The third-order valence-electron chi connectivity index (χ3n) is 4.58. The molecule has 0 saturated heterocycles. The summed E-state index contributed by atoms with van der Waals surface area (Å²) >= 11 is 0. The van der Waals surface area contributed by atoms with Gasteiger partial charge in [0.1, 0.15) is 5.56 Å². The van der Waals surface area contributed by atoms with Crippen LogP contribution >= 0.6 is 0 Å². The molecule has 0 aliphatic carbocycles. The molecule has 156 valence electrons. The highest BCUT2D eigenvalue weighted by atomic mass is 16.5. The average molecular weight is 409 g/mol. The molecule has 0 bridgehead atoms. The summed E-state index contributed by atoms with van der Waals surface area (Å²) in [6, 6.07) is 8.26. The van der Waals surface area contributed by atoms with Crippen LogP contribution in [0.2, 0.25) is 0 Å². The van der Waals surface area contributed by atoms with Gasteiger partial charge in [-0.2, -0.15) is 5.10 Å². The average Bonchev–Trinajstić information content (AvgIpc) is 3.09. The van der Waals surface area contributed by atoms with Crippen molar-refractivity contribution in [2.24, 2.45) is 0 Å². The van der Waals surface area contributed by atoms with E-state index in [1.807, 2.05) is 13.8 Å². The molecule has 0 unspecified atom stereocenters. The van der Waals surface area contributed by atoms with Gasteiger partial charge in [-0.25, -0.2) is 14.3 Å². The highest BCUT2D eigenvalue weighted by Gasteiger charge is 2.20. The van der Waals surface area contributed by atoms with Gasteiger partial charge in [0.05, 0.1) is 5.69 Å². The van der Waals surface area contributed by atoms with Crippen molar-refractivity contribution in [2.45, 2.75) is 20.8 Å². The zero-order chi connectivity index (χ0) is 21.7. The van der Waals surface area contributed by atoms with E-state index in [1.54, 1.807) is 54.5 Å². The second kappa shape index (κ2) is 9.17. The Kier molecular flexibility index (Phi) is 6.41. The van der Waals surface area contributed by atoms with Crippen LogP contribution in [0, 0.1) is 6.92 Å². The number of ether oxygens (including phenoxy) is 1. The minimum absolute atomic E-state index is 0.0656. The van der Waals surface area contributed by atoms with E-state index in [4.69, 9.17) is 4.74 Å². The molecule has 30 heavy (non-hydrogen) atoms. The number of aryl methyl sites for hydroxylation is 1. The number of amides is 2. The van der Waals surface area contributed by atoms with Crippen LogP contribution in [0.3, 0.4) is 0 Å². The Morgan fingerprint density at radius 1 is 1.13 bits per heavy atom. The summed E-state index contributed by atoms with van der Waals surface area (Å²) in [6.07, 6.45) is 3.22. The summed E-state index contributed by atoms with van der Waals surface area (Å²) in [7, 11) is 0. The number of anilines is 1. The Balaban J connectivity index is 1.59. The van der Waals surface area contributed by atoms with Crippen LogP contribution in [0.4, 0.5) is 5.69 Å². The van der Waals surface area contributed by atoms with Gasteiger partial charge in [0.15, 0.2) is 12.3 Å². The lowest BCUT2D eigenvalue weighted by Crippen LogP contribution is -2.30. The van der Waals surface area contributed by atoms with Gasteiger partial charge in [-0.1, -0.05) is 0 Å². The highest BCUT2D eigenvalue weighted by molar-refractivity contribution is 6.00. The van der Waals surface area contributed by atoms with E-state index in [-0.39, 0.29) is 11.5 Å². The Bertz CT molecular complexity index is 1070. The molecule has 0 radical (unpaired) electrons. The molecule has 0 aliphatic heterocycles. The molecule has 2 aromatic heterocycles. The van der Waals surface area contributed by atoms with E-state index in [9.17, 15) is 14.4 Å². The zero-order valence-electron chi connectivity index (χ0n) is 17.1. The van der Waals surface area contributed by atoms with Crippen molar-refractivity contribution in [1.82, 2.24) is 19.5 Å². The van der Waals surface area contributed by atoms with Gasteiger partial charge in [0.2, 0.25) is 0 Å². The molecule has 2 heterocycles. The maximum Gasteiger partial charge on any atom is 0.344 e. The van der Waals surface area contributed by atoms with Crippen molar-refractivity contribution in [3.63, 3.8) is 0 Å². The van der Waals surface area contributed by atoms with Gasteiger partial charge < -0.3 is 15.0 Å². The summed E-state index contributed by atoms with van der Waals surface area (Å²) in [5.74, 6) is -1.23. The minimum atomic E-state index is -0.670. The van der Waals surface area contributed by atoms with E-state index in [1.165, 1.54) is 4.52 Å². The maximum absolute atomic E-state index is 12.4. The first kappa shape index (κ1) is 21.0. The number of hydrogen-bond acceptors (Lipinski definition) is 6. The van der Waals surface area contributed by atoms with Crippen molar-refractivity contribution >= 4 is 29.1 Å². The first-order valence-corrected chi connectivity index (χ1v) is 9.60. The van der Waals surface area contributed by atoms with Crippen LogP contribution in [-0.2, 0) is 9.53 Å². The second-order valence-corrected chi connectivity index (χ2v) is 6.53. The molecule has 0 saturated carbocycles. The van der Waals surface area contributed by atoms with Gasteiger partial charge in [-0.15, -0.1) is 0 Å². The predicted molar refractivity (Wildman–Crippen MR) is 110 cm³/mol. The Hall–Kier alpha value is -3.75. The normalized spacial score (nSPS) is 10.6. The summed E-state index contributed by atoms with van der Waals surface area (Å²) in [6.45, 7) is 6.31.